The predicted molar refractivity (Wildman–Crippen MR) is 107 cm³/mol. The number of amides is 2. The van der Waals surface area contributed by atoms with Crippen LogP contribution in [0.2, 0.25) is 5.02 Å². The minimum Gasteiger partial charge on any atom is -0.455 e. The zero-order valence-electron chi connectivity index (χ0n) is 15.7. The molecule has 0 aliphatic carbocycles. The smallest absolute Gasteiger partial charge is 0.311 e. The van der Waals surface area contributed by atoms with E-state index in [-0.39, 0.29) is 18.9 Å². The number of rotatable bonds is 5. The molecule has 1 fully saturated rings. The summed E-state index contributed by atoms with van der Waals surface area (Å²) in [5, 5.41) is 3.25. The Morgan fingerprint density at radius 2 is 1.96 bits per heavy atom. The summed E-state index contributed by atoms with van der Waals surface area (Å²) in [5.74, 6) is -1.77. The second-order valence-electron chi connectivity index (χ2n) is 6.79. The van der Waals surface area contributed by atoms with Crippen molar-refractivity contribution in [2.45, 2.75) is 20.3 Å². The topological polar surface area (TPSA) is 75.7 Å². The molecule has 1 N–H and O–H groups in total. The van der Waals surface area contributed by atoms with Crippen molar-refractivity contribution in [1.29, 1.82) is 0 Å². The molecular formula is C21H21ClN2O4. The van der Waals surface area contributed by atoms with Gasteiger partial charge in [-0.2, -0.15) is 0 Å². The van der Waals surface area contributed by atoms with Gasteiger partial charge >= 0.3 is 5.97 Å². The number of esters is 1. The molecule has 7 heteroatoms. The van der Waals surface area contributed by atoms with Gasteiger partial charge in [-0.3, -0.25) is 14.4 Å². The van der Waals surface area contributed by atoms with Gasteiger partial charge in [-0.1, -0.05) is 29.8 Å². The average molecular weight is 401 g/mol. The van der Waals surface area contributed by atoms with Crippen molar-refractivity contribution in [3.05, 3.63) is 58.6 Å². The lowest BCUT2D eigenvalue weighted by molar-refractivity contribution is -0.151. The first kappa shape index (κ1) is 19.9. The summed E-state index contributed by atoms with van der Waals surface area (Å²) in [4.78, 5) is 38.2. The first-order chi connectivity index (χ1) is 13.3. The van der Waals surface area contributed by atoms with E-state index in [1.165, 1.54) is 4.90 Å². The second-order valence-corrected chi connectivity index (χ2v) is 7.23. The molecule has 2 amide bonds. The van der Waals surface area contributed by atoms with Crippen LogP contribution in [0.1, 0.15) is 17.5 Å². The lowest BCUT2D eigenvalue weighted by Crippen LogP contribution is -2.28. The number of benzene rings is 2. The quantitative estimate of drug-likeness (QED) is 0.779. The van der Waals surface area contributed by atoms with Crippen LogP contribution < -0.4 is 10.2 Å². The molecule has 0 unspecified atom stereocenters. The molecule has 1 aliphatic rings. The largest absolute Gasteiger partial charge is 0.455 e. The van der Waals surface area contributed by atoms with Crippen molar-refractivity contribution >= 4 is 40.8 Å². The number of ether oxygens (including phenoxy) is 1. The van der Waals surface area contributed by atoms with E-state index < -0.39 is 24.4 Å². The van der Waals surface area contributed by atoms with Crippen LogP contribution in [0, 0.1) is 19.8 Å². The van der Waals surface area contributed by atoms with Crippen LogP contribution in [-0.4, -0.2) is 30.9 Å². The number of hydrogen-bond donors (Lipinski definition) is 1. The van der Waals surface area contributed by atoms with Gasteiger partial charge in [-0.25, -0.2) is 0 Å². The van der Waals surface area contributed by atoms with Crippen LogP contribution in [0.3, 0.4) is 0 Å². The molecule has 0 saturated carbocycles. The van der Waals surface area contributed by atoms with E-state index in [1.807, 2.05) is 26.0 Å². The highest BCUT2D eigenvalue weighted by Crippen LogP contribution is 2.27. The highest BCUT2D eigenvalue weighted by molar-refractivity contribution is 6.31. The Morgan fingerprint density at radius 3 is 2.71 bits per heavy atom. The van der Waals surface area contributed by atoms with Crippen molar-refractivity contribution < 1.29 is 19.1 Å². The third-order valence-electron chi connectivity index (χ3n) is 4.80. The molecule has 0 spiro atoms. The van der Waals surface area contributed by atoms with Crippen LogP contribution in [0.4, 0.5) is 11.4 Å². The molecule has 1 aliphatic heterocycles. The zero-order valence-corrected chi connectivity index (χ0v) is 16.5. The average Bonchev–Trinajstić information content (AvgIpc) is 3.05. The number of halogens is 1. The van der Waals surface area contributed by atoms with E-state index in [2.05, 4.69) is 5.32 Å². The number of hydrogen-bond acceptors (Lipinski definition) is 4. The maximum atomic E-state index is 12.3. The zero-order chi connectivity index (χ0) is 20.3. The van der Waals surface area contributed by atoms with Crippen molar-refractivity contribution in [1.82, 2.24) is 0 Å². The van der Waals surface area contributed by atoms with Gasteiger partial charge in [-0.05, 0) is 49.2 Å². The Bertz CT molecular complexity index is 928. The highest BCUT2D eigenvalue weighted by Gasteiger charge is 2.36. The van der Waals surface area contributed by atoms with Gasteiger partial charge in [0.1, 0.15) is 0 Å². The number of aryl methyl sites for hydroxylation is 1. The van der Waals surface area contributed by atoms with Gasteiger partial charge in [-0.15, -0.1) is 0 Å². The van der Waals surface area contributed by atoms with Crippen molar-refractivity contribution in [2.75, 3.05) is 23.4 Å². The third kappa shape index (κ3) is 4.51. The SMILES string of the molecule is Cc1cccc(NC(=O)COC(=O)[C@H]2CC(=O)N(c3cccc(Cl)c3)C2)c1C. The number of nitrogens with zero attached hydrogens (tertiary/aromatic N) is 1. The number of carbonyl (C=O) groups excluding carboxylic acids is 3. The maximum Gasteiger partial charge on any atom is 0.311 e. The van der Waals surface area contributed by atoms with Gasteiger partial charge < -0.3 is 15.0 Å². The van der Waals surface area contributed by atoms with Crippen LogP contribution in [0.15, 0.2) is 42.5 Å². The molecule has 1 heterocycles. The van der Waals surface area contributed by atoms with Crippen LogP contribution in [0.25, 0.3) is 0 Å². The summed E-state index contributed by atoms with van der Waals surface area (Å²) >= 11 is 5.97. The first-order valence-electron chi connectivity index (χ1n) is 8.94. The molecule has 28 heavy (non-hydrogen) atoms. The molecule has 0 radical (unpaired) electrons. The number of anilines is 2. The number of carbonyl (C=O) groups is 3. The van der Waals surface area contributed by atoms with Gasteiger partial charge in [0.05, 0.1) is 5.92 Å². The van der Waals surface area contributed by atoms with Crippen molar-refractivity contribution in [3.8, 4) is 0 Å². The fraction of sp³-hybridized carbons (Fsp3) is 0.286. The summed E-state index contributed by atoms with van der Waals surface area (Å²) in [5.41, 5.74) is 3.34. The monoisotopic (exact) mass is 400 g/mol. The molecule has 2 aromatic rings. The van der Waals surface area contributed by atoms with E-state index in [0.717, 1.165) is 11.1 Å². The molecule has 2 aromatic carbocycles. The Balaban J connectivity index is 1.54. The lowest BCUT2D eigenvalue weighted by Gasteiger charge is -2.16. The summed E-state index contributed by atoms with van der Waals surface area (Å²) in [6.07, 6.45) is 0.0456. The summed E-state index contributed by atoms with van der Waals surface area (Å²) in [6, 6.07) is 12.5. The van der Waals surface area contributed by atoms with Gasteiger partial charge in [0.25, 0.3) is 5.91 Å². The predicted octanol–water partition coefficient (Wildman–Crippen LogP) is 3.49. The maximum absolute atomic E-state index is 12.3. The molecule has 0 bridgehead atoms. The van der Waals surface area contributed by atoms with Crippen LogP contribution >= 0.6 is 11.6 Å². The molecule has 1 atom stereocenters. The van der Waals surface area contributed by atoms with Gasteiger partial charge in [0, 0.05) is 29.4 Å². The molecule has 146 valence electrons. The third-order valence-corrected chi connectivity index (χ3v) is 5.04. The Hall–Kier alpha value is -2.86. The van der Waals surface area contributed by atoms with Crippen molar-refractivity contribution in [3.63, 3.8) is 0 Å². The van der Waals surface area contributed by atoms with Crippen LogP contribution in [-0.2, 0) is 19.1 Å². The van der Waals surface area contributed by atoms with E-state index >= 15 is 0 Å². The van der Waals surface area contributed by atoms with Gasteiger partial charge in [0.15, 0.2) is 6.61 Å². The van der Waals surface area contributed by atoms with E-state index in [0.29, 0.717) is 16.4 Å². The summed E-state index contributed by atoms with van der Waals surface area (Å²) < 4.78 is 5.13. The number of nitrogens with one attached hydrogen (secondary N) is 1. The minimum absolute atomic E-state index is 0.0456. The fourth-order valence-electron chi connectivity index (χ4n) is 3.09. The molecular weight excluding hydrogens is 380 g/mol. The Labute approximate surface area is 168 Å². The standard InChI is InChI=1S/C21H21ClN2O4/c1-13-5-3-8-18(14(13)2)23-19(25)12-28-21(27)15-9-20(26)24(11-15)17-7-4-6-16(22)10-17/h3-8,10,15H,9,11-12H2,1-2H3,(H,23,25)/t15-/m0/s1. The highest BCUT2D eigenvalue weighted by atomic mass is 35.5. The second kappa shape index (κ2) is 8.44. The summed E-state index contributed by atoms with van der Waals surface area (Å²) in [7, 11) is 0. The molecule has 1 saturated heterocycles. The molecule has 6 nitrogen and oxygen atoms in total. The summed E-state index contributed by atoms with van der Waals surface area (Å²) in [6.45, 7) is 3.67. The Kier molecular flexibility index (Phi) is 5.99. The van der Waals surface area contributed by atoms with Crippen molar-refractivity contribution in [2.24, 2.45) is 5.92 Å². The van der Waals surface area contributed by atoms with Gasteiger partial charge in [0.2, 0.25) is 5.91 Å². The Morgan fingerprint density at radius 1 is 1.21 bits per heavy atom. The lowest BCUT2D eigenvalue weighted by atomic mass is 10.1. The first-order valence-corrected chi connectivity index (χ1v) is 9.31. The fourth-order valence-corrected chi connectivity index (χ4v) is 3.27. The van der Waals surface area contributed by atoms with E-state index in [9.17, 15) is 14.4 Å². The molecule has 0 aromatic heterocycles. The van der Waals surface area contributed by atoms with Crippen LogP contribution in [0.5, 0.6) is 0 Å². The van der Waals surface area contributed by atoms with E-state index in [4.69, 9.17) is 16.3 Å². The normalized spacial score (nSPS) is 16.2. The minimum atomic E-state index is -0.611. The molecule has 3 rings (SSSR count). The van der Waals surface area contributed by atoms with E-state index in [1.54, 1.807) is 30.3 Å².